The molecule has 0 saturated heterocycles. The number of aromatic nitrogens is 3. The lowest BCUT2D eigenvalue weighted by atomic mass is 9.94. The molecule has 2 bridgehead atoms. The van der Waals surface area contributed by atoms with Crippen molar-refractivity contribution in [2.45, 2.75) is 173 Å². The number of guanidine groups is 1. The second-order valence-corrected chi connectivity index (χ2v) is 22.7. The number of esters is 1. The van der Waals surface area contributed by atoms with Crippen LogP contribution in [-0.2, 0) is 56.3 Å². The third kappa shape index (κ3) is 16.6. The van der Waals surface area contributed by atoms with E-state index in [1.807, 2.05) is 44.2 Å². The molecule has 73 heavy (non-hydrogen) atoms. The number of amides is 5. The lowest BCUT2D eigenvalue weighted by molar-refractivity contribution is -0.156. The third-order valence-corrected chi connectivity index (χ3v) is 13.6. The number of fused-ring (bicyclic) bond motifs is 3. The Kier molecular flexibility index (Phi) is 18.7. The SMILES string of the molecule is Cc1c(C)c(S(=O)(=O)NC(=N)NCCC[C@@H]2NC(=O)[C@H](CCCCNC(=O)OC(C)(C)C)n3cc(nn3)[C@H](Cc3ccccc3)NC(=O)[C@H](CC(=O)OC(C)(C)C)NC(=O)CNC2=O)c(C)c2c1OC(C)(C)C2. The Morgan fingerprint density at radius 1 is 0.822 bits per heavy atom. The van der Waals surface area contributed by atoms with Gasteiger partial charge < -0.3 is 46.1 Å². The van der Waals surface area contributed by atoms with Gasteiger partial charge in [-0.1, -0.05) is 35.5 Å². The number of nitrogens with one attached hydrogen (secondary N) is 8. The summed E-state index contributed by atoms with van der Waals surface area (Å²) in [6, 6.07) is 4.53. The highest BCUT2D eigenvalue weighted by Crippen LogP contribution is 2.43. The van der Waals surface area contributed by atoms with Crippen LogP contribution in [0.2, 0.25) is 0 Å². The van der Waals surface area contributed by atoms with Crippen LogP contribution in [0, 0.1) is 26.2 Å². The molecular formula is C50H73N11O11S. The molecular weight excluding hydrogens is 963 g/mol. The molecule has 0 aliphatic carbocycles. The van der Waals surface area contributed by atoms with Crippen LogP contribution >= 0.6 is 0 Å². The van der Waals surface area contributed by atoms with E-state index in [9.17, 15) is 37.2 Å². The van der Waals surface area contributed by atoms with Crippen LogP contribution in [-0.4, -0.2) is 114 Å². The van der Waals surface area contributed by atoms with E-state index in [1.165, 1.54) is 10.9 Å². The van der Waals surface area contributed by atoms with Crippen molar-refractivity contribution in [1.82, 2.24) is 51.6 Å². The predicted molar refractivity (Wildman–Crippen MR) is 270 cm³/mol. The van der Waals surface area contributed by atoms with E-state index in [-0.39, 0.29) is 49.4 Å². The number of ether oxygens (including phenoxy) is 3. The highest BCUT2D eigenvalue weighted by atomic mass is 32.2. The van der Waals surface area contributed by atoms with Crippen molar-refractivity contribution in [3.63, 3.8) is 0 Å². The maximum Gasteiger partial charge on any atom is 0.407 e. The number of carbonyl (C=O) groups is 6. The summed E-state index contributed by atoms with van der Waals surface area (Å²) < 4.78 is 48.3. The number of unbranched alkanes of at least 4 members (excludes halogenated alkanes) is 1. The molecule has 2 aliphatic heterocycles. The normalized spacial score (nSPS) is 19.5. The van der Waals surface area contributed by atoms with Gasteiger partial charge in [-0.05, 0) is 137 Å². The summed E-state index contributed by atoms with van der Waals surface area (Å²) in [5, 5.41) is 33.5. The van der Waals surface area contributed by atoms with Gasteiger partial charge >= 0.3 is 12.1 Å². The van der Waals surface area contributed by atoms with Gasteiger partial charge in [-0.3, -0.25) is 29.4 Å². The van der Waals surface area contributed by atoms with E-state index in [2.05, 4.69) is 46.9 Å². The van der Waals surface area contributed by atoms with Crippen molar-refractivity contribution >= 4 is 51.7 Å². The Balaban J connectivity index is 1.39. The minimum absolute atomic E-state index is 0.0184. The standard InChI is InChI=1S/C50H73N11O11S/c1-29-30(2)42(31(3)33-26-50(10,11)71-41(29)33)73(68,69)59-46(51)52-23-17-20-34-43(64)54-27-39(62)55-36(25-40(63)70-48(4,5)6)44(65)57-35(24-32-18-13-12-14-19-32)37-28-61(60-58-37)38(45(66)56-34)21-15-16-22-53-47(67)72-49(7,8)9/h12-14,18-19,28,34-36,38H,15-17,20-27H2,1-11H3,(H,53,67)(H,54,64)(H,55,62)(H,56,66)(H,57,65)(H3,51,52,59)/t34-,35-,36-,38-/m0/s1. The van der Waals surface area contributed by atoms with Gasteiger partial charge in [0.1, 0.15) is 46.4 Å². The van der Waals surface area contributed by atoms with Gasteiger partial charge in [-0.2, -0.15) is 0 Å². The van der Waals surface area contributed by atoms with Crippen LogP contribution in [0.4, 0.5) is 4.79 Å². The maximum atomic E-state index is 14.4. The third-order valence-electron chi connectivity index (χ3n) is 11.9. The van der Waals surface area contributed by atoms with Crippen LogP contribution < -0.4 is 41.4 Å². The summed E-state index contributed by atoms with van der Waals surface area (Å²) >= 11 is 0. The van der Waals surface area contributed by atoms with E-state index in [0.29, 0.717) is 41.7 Å². The second kappa shape index (κ2) is 23.8. The van der Waals surface area contributed by atoms with Gasteiger partial charge in [0.2, 0.25) is 29.6 Å². The summed E-state index contributed by atoms with van der Waals surface area (Å²) in [6.07, 6.45) is 2.11. The Bertz CT molecular complexity index is 2640. The summed E-state index contributed by atoms with van der Waals surface area (Å²) in [7, 11) is -4.25. The molecule has 5 amide bonds. The molecule has 23 heteroatoms. The smallest absolute Gasteiger partial charge is 0.407 e. The quantitative estimate of drug-likeness (QED) is 0.0467. The van der Waals surface area contributed by atoms with Crippen molar-refractivity contribution in [2.75, 3.05) is 19.6 Å². The summed E-state index contributed by atoms with van der Waals surface area (Å²) in [4.78, 5) is 81.6. The fourth-order valence-corrected chi connectivity index (χ4v) is 10.1. The molecule has 0 fully saturated rings. The minimum atomic E-state index is -4.25. The zero-order valence-electron chi connectivity index (χ0n) is 43.8. The van der Waals surface area contributed by atoms with Crippen LogP contribution in [0.5, 0.6) is 5.75 Å². The van der Waals surface area contributed by atoms with Crippen molar-refractivity contribution in [1.29, 1.82) is 5.41 Å². The molecule has 8 N–H and O–H groups in total. The van der Waals surface area contributed by atoms with Crippen LogP contribution in [0.15, 0.2) is 41.4 Å². The first-order chi connectivity index (χ1) is 34.0. The average Bonchev–Trinajstić information content (AvgIpc) is 3.89. The average molecular weight is 1040 g/mol. The largest absolute Gasteiger partial charge is 0.487 e. The lowest BCUT2D eigenvalue weighted by Crippen LogP contribution is -2.54. The van der Waals surface area contributed by atoms with Crippen molar-refractivity contribution in [3.8, 4) is 5.75 Å². The number of hydrogen-bond donors (Lipinski definition) is 8. The minimum Gasteiger partial charge on any atom is -0.487 e. The Morgan fingerprint density at radius 2 is 1.48 bits per heavy atom. The lowest BCUT2D eigenvalue weighted by Gasteiger charge is -2.25. The summed E-state index contributed by atoms with van der Waals surface area (Å²) in [5.41, 5.74) is 1.46. The van der Waals surface area contributed by atoms with Gasteiger partial charge in [-0.25, -0.2) is 22.6 Å². The van der Waals surface area contributed by atoms with Crippen molar-refractivity contribution < 1.29 is 51.4 Å². The number of carbonyl (C=O) groups excluding carboxylic acids is 6. The highest BCUT2D eigenvalue weighted by molar-refractivity contribution is 7.90. The molecule has 2 aliphatic rings. The Labute approximate surface area is 427 Å². The monoisotopic (exact) mass is 1040 g/mol. The number of nitrogens with zero attached hydrogens (tertiary/aromatic N) is 3. The van der Waals surface area contributed by atoms with E-state index in [0.717, 1.165) is 11.1 Å². The second-order valence-electron chi connectivity index (χ2n) is 21.1. The molecule has 400 valence electrons. The zero-order valence-corrected chi connectivity index (χ0v) is 44.6. The molecule has 3 aromatic rings. The first-order valence-electron chi connectivity index (χ1n) is 24.5. The van der Waals surface area contributed by atoms with Crippen molar-refractivity contribution in [2.24, 2.45) is 0 Å². The van der Waals surface area contributed by atoms with Gasteiger partial charge in [0.25, 0.3) is 10.0 Å². The molecule has 0 saturated carbocycles. The number of rotatable bonds is 15. The number of hydrogen-bond acceptors (Lipinski definition) is 14. The van der Waals surface area contributed by atoms with Gasteiger partial charge in [0, 0.05) is 25.1 Å². The van der Waals surface area contributed by atoms with E-state index in [1.54, 1.807) is 62.3 Å². The molecule has 3 heterocycles. The van der Waals surface area contributed by atoms with Crippen molar-refractivity contribution in [3.05, 3.63) is 70.0 Å². The molecule has 2 aromatic carbocycles. The Hall–Kier alpha value is -6.78. The van der Waals surface area contributed by atoms with E-state index >= 15 is 0 Å². The van der Waals surface area contributed by atoms with Crippen LogP contribution in [0.1, 0.15) is 140 Å². The van der Waals surface area contributed by atoms with E-state index in [4.69, 9.17) is 19.6 Å². The molecule has 0 radical (unpaired) electrons. The zero-order chi connectivity index (χ0) is 54.1. The summed E-state index contributed by atoms with van der Waals surface area (Å²) in [6.45, 7) is 18.9. The molecule has 1 aromatic heterocycles. The molecule has 5 rings (SSSR count). The molecule has 0 spiro atoms. The number of benzene rings is 2. The fourth-order valence-electron chi connectivity index (χ4n) is 8.53. The highest BCUT2D eigenvalue weighted by Gasteiger charge is 2.38. The predicted octanol–water partition coefficient (Wildman–Crippen LogP) is 3.67. The van der Waals surface area contributed by atoms with Crippen LogP contribution in [0.25, 0.3) is 0 Å². The first kappa shape index (κ1) is 57.1. The Morgan fingerprint density at radius 3 is 2.15 bits per heavy atom. The fraction of sp³-hybridized carbons (Fsp3) is 0.580. The van der Waals surface area contributed by atoms with Gasteiger partial charge in [0.15, 0.2) is 0 Å². The number of sulfonamides is 1. The van der Waals surface area contributed by atoms with Gasteiger partial charge in [0.05, 0.1) is 30.1 Å². The topological polar surface area (TPSA) is 303 Å². The first-order valence-corrected chi connectivity index (χ1v) is 26.0. The molecule has 4 atom stereocenters. The number of alkyl carbamates (subject to hydrolysis) is 1. The maximum absolute atomic E-state index is 14.4. The van der Waals surface area contributed by atoms with E-state index < -0.39 is 106 Å². The molecule has 22 nitrogen and oxygen atoms in total. The summed E-state index contributed by atoms with van der Waals surface area (Å²) in [5.74, 6) is -3.58. The van der Waals surface area contributed by atoms with Gasteiger partial charge in [-0.15, -0.1) is 5.10 Å². The van der Waals surface area contributed by atoms with Crippen LogP contribution in [0.3, 0.4) is 0 Å². The molecule has 0 unspecified atom stereocenters.